The van der Waals surface area contributed by atoms with Gasteiger partial charge in [-0.25, -0.2) is 0 Å². The third kappa shape index (κ3) is 5.35. The van der Waals surface area contributed by atoms with Crippen LogP contribution >= 0.6 is 0 Å². The molecule has 0 aromatic heterocycles. The van der Waals surface area contributed by atoms with Crippen LogP contribution in [0.25, 0.3) is 0 Å². The van der Waals surface area contributed by atoms with Gasteiger partial charge in [0.15, 0.2) is 0 Å². The second-order valence-corrected chi connectivity index (χ2v) is 4.24. The highest BCUT2D eigenvalue weighted by Gasteiger charge is 2.18. The first-order valence-electron chi connectivity index (χ1n) is 5.29. The summed E-state index contributed by atoms with van der Waals surface area (Å²) in [5, 5.41) is 11.3. The molecular weight excluding hydrogens is 206 g/mol. The number of nitriles is 1. The SMILES string of the molecule is CC(C)CNC(=O)CN(C)C(=O)C(C)C#N. The number of carbonyl (C=O) groups is 2. The van der Waals surface area contributed by atoms with Crippen LogP contribution in [-0.4, -0.2) is 36.9 Å². The number of amides is 2. The Morgan fingerprint density at radius 3 is 2.38 bits per heavy atom. The summed E-state index contributed by atoms with van der Waals surface area (Å²) >= 11 is 0. The molecule has 0 aromatic carbocycles. The fourth-order valence-electron chi connectivity index (χ4n) is 1.05. The number of nitrogens with one attached hydrogen (secondary N) is 1. The molecule has 2 amide bonds. The minimum absolute atomic E-state index is 0.00241. The Labute approximate surface area is 96.4 Å². The van der Waals surface area contributed by atoms with Crippen molar-refractivity contribution in [1.82, 2.24) is 10.2 Å². The predicted molar refractivity (Wildman–Crippen MR) is 60.3 cm³/mol. The Hall–Kier alpha value is -1.57. The average Bonchev–Trinajstić information content (AvgIpc) is 2.24. The number of likely N-dealkylation sites (N-methyl/N-ethyl adjacent to an activating group) is 1. The van der Waals surface area contributed by atoms with E-state index < -0.39 is 5.92 Å². The molecule has 5 heteroatoms. The summed E-state index contributed by atoms with van der Waals surface area (Å²) in [7, 11) is 1.52. The van der Waals surface area contributed by atoms with E-state index in [4.69, 9.17) is 5.26 Å². The number of carbonyl (C=O) groups excluding carboxylic acids is 2. The van der Waals surface area contributed by atoms with Gasteiger partial charge in [-0.15, -0.1) is 0 Å². The van der Waals surface area contributed by atoms with E-state index in [-0.39, 0.29) is 18.4 Å². The zero-order valence-corrected chi connectivity index (χ0v) is 10.3. The molecule has 0 heterocycles. The summed E-state index contributed by atoms with van der Waals surface area (Å²) in [5.41, 5.74) is 0. The van der Waals surface area contributed by atoms with Crippen molar-refractivity contribution in [3.8, 4) is 6.07 Å². The van der Waals surface area contributed by atoms with Crippen molar-refractivity contribution in [1.29, 1.82) is 5.26 Å². The third-order valence-corrected chi connectivity index (χ3v) is 2.03. The van der Waals surface area contributed by atoms with Gasteiger partial charge < -0.3 is 10.2 Å². The molecular formula is C11H19N3O2. The van der Waals surface area contributed by atoms with Crippen LogP contribution in [0.4, 0.5) is 0 Å². The van der Waals surface area contributed by atoms with Gasteiger partial charge in [-0.2, -0.15) is 5.26 Å². The molecule has 0 aliphatic heterocycles. The van der Waals surface area contributed by atoms with Gasteiger partial charge >= 0.3 is 0 Å². The molecule has 0 saturated heterocycles. The van der Waals surface area contributed by atoms with Crippen molar-refractivity contribution in [2.75, 3.05) is 20.1 Å². The number of hydrogen-bond acceptors (Lipinski definition) is 3. The van der Waals surface area contributed by atoms with E-state index in [1.165, 1.54) is 18.9 Å². The van der Waals surface area contributed by atoms with Gasteiger partial charge in [0, 0.05) is 13.6 Å². The average molecular weight is 225 g/mol. The minimum atomic E-state index is -0.706. The minimum Gasteiger partial charge on any atom is -0.354 e. The number of hydrogen-bond donors (Lipinski definition) is 1. The molecule has 0 fully saturated rings. The first kappa shape index (κ1) is 14.4. The van der Waals surface area contributed by atoms with Crippen LogP contribution in [0.3, 0.4) is 0 Å². The van der Waals surface area contributed by atoms with Crippen LogP contribution in [0.5, 0.6) is 0 Å². The third-order valence-electron chi connectivity index (χ3n) is 2.03. The molecule has 0 bridgehead atoms. The fraction of sp³-hybridized carbons (Fsp3) is 0.727. The maximum absolute atomic E-state index is 11.5. The standard InChI is InChI=1S/C11H19N3O2/c1-8(2)6-13-10(15)7-14(4)11(16)9(3)5-12/h8-9H,6-7H2,1-4H3,(H,13,15). The maximum atomic E-state index is 11.5. The van der Waals surface area contributed by atoms with Crippen molar-refractivity contribution in [2.45, 2.75) is 20.8 Å². The van der Waals surface area contributed by atoms with E-state index in [9.17, 15) is 9.59 Å². The largest absolute Gasteiger partial charge is 0.354 e. The van der Waals surface area contributed by atoms with E-state index in [0.717, 1.165) is 0 Å². The topological polar surface area (TPSA) is 73.2 Å². The van der Waals surface area contributed by atoms with Crippen LogP contribution < -0.4 is 5.32 Å². The smallest absolute Gasteiger partial charge is 0.239 e. The zero-order chi connectivity index (χ0) is 12.7. The summed E-state index contributed by atoms with van der Waals surface area (Å²) in [5.74, 6) is -0.859. The monoisotopic (exact) mass is 225 g/mol. The summed E-state index contributed by atoms with van der Waals surface area (Å²) < 4.78 is 0. The normalized spacial score (nSPS) is 11.8. The highest BCUT2D eigenvalue weighted by atomic mass is 16.2. The molecule has 0 aliphatic carbocycles. The summed E-state index contributed by atoms with van der Waals surface area (Å²) in [6.07, 6.45) is 0. The Bertz CT molecular complexity index is 294. The fourth-order valence-corrected chi connectivity index (χ4v) is 1.05. The summed E-state index contributed by atoms with van der Waals surface area (Å²) in [6.45, 7) is 6.09. The molecule has 1 atom stereocenters. The first-order chi connectivity index (χ1) is 7.38. The molecule has 0 rings (SSSR count). The van der Waals surface area contributed by atoms with Gasteiger partial charge in [0.2, 0.25) is 11.8 Å². The Kier molecular flexibility index (Phi) is 6.16. The predicted octanol–water partition coefficient (Wildman–Crippen LogP) is 0.377. The van der Waals surface area contributed by atoms with E-state index >= 15 is 0 Å². The van der Waals surface area contributed by atoms with Crippen LogP contribution in [0.15, 0.2) is 0 Å². The van der Waals surface area contributed by atoms with Gasteiger partial charge in [0.25, 0.3) is 0 Å². The lowest BCUT2D eigenvalue weighted by Gasteiger charge is -2.18. The van der Waals surface area contributed by atoms with Crippen LogP contribution in [0, 0.1) is 23.2 Å². The molecule has 0 saturated carbocycles. The zero-order valence-electron chi connectivity index (χ0n) is 10.3. The second-order valence-electron chi connectivity index (χ2n) is 4.24. The summed E-state index contributed by atoms with van der Waals surface area (Å²) in [6, 6.07) is 1.85. The lowest BCUT2D eigenvalue weighted by molar-refractivity contribution is -0.136. The molecule has 0 aliphatic rings. The highest BCUT2D eigenvalue weighted by Crippen LogP contribution is 1.98. The molecule has 90 valence electrons. The van der Waals surface area contributed by atoms with Crippen molar-refractivity contribution < 1.29 is 9.59 Å². The molecule has 0 aromatic rings. The first-order valence-corrected chi connectivity index (χ1v) is 5.29. The quantitative estimate of drug-likeness (QED) is 0.735. The van der Waals surface area contributed by atoms with Gasteiger partial charge in [-0.1, -0.05) is 13.8 Å². The second kappa shape index (κ2) is 6.83. The number of rotatable bonds is 5. The van der Waals surface area contributed by atoms with Crippen LogP contribution in [0.1, 0.15) is 20.8 Å². The molecule has 16 heavy (non-hydrogen) atoms. The van der Waals surface area contributed by atoms with E-state index in [1.807, 2.05) is 19.9 Å². The van der Waals surface area contributed by atoms with Gasteiger partial charge in [0.05, 0.1) is 12.6 Å². The van der Waals surface area contributed by atoms with E-state index in [0.29, 0.717) is 12.5 Å². The highest BCUT2D eigenvalue weighted by molar-refractivity contribution is 5.86. The molecule has 1 unspecified atom stereocenters. The molecule has 5 nitrogen and oxygen atoms in total. The number of nitrogens with zero attached hydrogens (tertiary/aromatic N) is 2. The summed E-state index contributed by atoms with van der Waals surface area (Å²) in [4.78, 5) is 24.1. The van der Waals surface area contributed by atoms with Crippen LogP contribution in [-0.2, 0) is 9.59 Å². The lowest BCUT2D eigenvalue weighted by atomic mass is 10.2. The van der Waals surface area contributed by atoms with Crippen molar-refractivity contribution in [3.05, 3.63) is 0 Å². The Morgan fingerprint density at radius 1 is 1.38 bits per heavy atom. The molecule has 1 N–H and O–H groups in total. The molecule has 0 spiro atoms. The van der Waals surface area contributed by atoms with Crippen LogP contribution in [0.2, 0.25) is 0 Å². The van der Waals surface area contributed by atoms with Gasteiger partial charge in [-0.3, -0.25) is 9.59 Å². The van der Waals surface area contributed by atoms with Crippen molar-refractivity contribution >= 4 is 11.8 Å². The maximum Gasteiger partial charge on any atom is 0.239 e. The van der Waals surface area contributed by atoms with E-state index in [2.05, 4.69) is 5.32 Å². The lowest BCUT2D eigenvalue weighted by Crippen LogP contribution is -2.41. The van der Waals surface area contributed by atoms with Gasteiger partial charge in [-0.05, 0) is 12.8 Å². The Balaban J connectivity index is 4.05. The van der Waals surface area contributed by atoms with E-state index in [1.54, 1.807) is 0 Å². The van der Waals surface area contributed by atoms with Crippen molar-refractivity contribution in [2.24, 2.45) is 11.8 Å². The molecule has 0 radical (unpaired) electrons. The van der Waals surface area contributed by atoms with Gasteiger partial charge in [0.1, 0.15) is 5.92 Å². The van der Waals surface area contributed by atoms with Crippen molar-refractivity contribution in [3.63, 3.8) is 0 Å². The Morgan fingerprint density at radius 2 is 1.94 bits per heavy atom.